The van der Waals surface area contributed by atoms with Crippen molar-refractivity contribution in [3.8, 4) is 0 Å². The minimum atomic E-state index is 0.771. The van der Waals surface area contributed by atoms with Crippen molar-refractivity contribution >= 4 is 0 Å². The van der Waals surface area contributed by atoms with Gasteiger partial charge in [0.05, 0.1) is 0 Å². The molecule has 0 radical (unpaired) electrons. The molecule has 0 saturated carbocycles. The summed E-state index contributed by atoms with van der Waals surface area (Å²) in [5, 5.41) is 3.62. The smallest absolute Gasteiger partial charge is 0.00180 e. The quantitative estimate of drug-likeness (QED) is 0.509. The second kappa shape index (κ2) is 11.1. The Hall–Kier alpha value is -0.0400. The Kier molecular flexibility index (Phi) is 11.0. The molecular weight excluding hydrogens is 206 g/mol. The summed E-state index contributed by atoms with van der Waals surface area (Å²) in [6.07, 6.45) is 8.46. The highest BCUT2D eigenvalue weighted by Gasteiger charge is 2.12. The van der Waals surface area contributed by atoms with Gasteiger partial charge in [-0.2, -0.15) is 0 Å². The summed E-state index contributed by atoms with van der Waals surface area (Å²) in [6, 6.07) is 0. The molecule has 0 aliphatic rings. The van der Waals surface area contributed by atoms with Gasteiger partial charge >= 0.3 is 0 Å². The fourth-order valence-electron chi connectivity index (χ4n) is 2.24. The molecule has 0 spiro atoms. The van der Waals surface area contributed by atoms with Crippen LogP contribution in [-0.2, 0) is 0 Å². The molecule has 0 fully saturated rings. The average Bonchev–Trinajstić information content (AvgIpc) is 2.25. The third kappa shape index (κ3) is 10.8. The summed E-state index contributed by atoms with van der Waals surface area (Å²) < 4.78 is 0. The second-order valence-corrected chi connectivity index (χ2v) is 6.26. The molecule has 0 rings (SSSR count). The van der Waals surface area contributed by atoms with E-state index in [1.807, 2.05) is 0 Å². The van der Waals surface area contributed by atoms with Crippen molar-refractivity contribution in [1.82, 2.24) is 5.32 Å². The first-order valence-corrected chi connectivity index (χ1v) is 7.78. The molecule has 0 aromatic rings. The van der Waals surface area contributed by atoms with Crippen LogP contribution in [0.5, 0.6) is 0 Å². The van der Waals surface area contributed by atoms with Crippen molar-refractivity contribution in [3.05, 3.63) is 0 Å². The maximum absolute atomic E-state index is 3.62. The number of rotatable bonds is 11. The highest BCUT2D eigenvalue weighted by Crippen LogP contribution is 2.18. The van der Waals surface area contributed by atoms with E-state index < -0.39 is 0 Å². The Morgan fingerprint density at radius 2 is 1.47 bits per heavy atom. The van der Waals surface area contributed by atoms with E-state index in [4.69, 9.17) is 0 Å². The fourth-order valence-corrected chi connectivity index (χ4v) is 2.24. The van der Waals surface area contributed by atoms with Gasteiger partial charge in [-0.3, -0.25) is 0 Å². The summed E-state index contributed by atoms with van der Waals surface area (Å²) in [4.78, 5) is 0. The van der Waals surface area contributed by atoms with Gasteiger partial charge in [-0.15, -0.1) is 0 Å². The first kappa shape index (κ1) is 17.0. The SMILES string of the molecule is CCCCCCCC(CNCC(C)C)C(C)C. The molecule has 1 atom stereocenters. The molecular formula is C16H35N. The van der Waals surface area contributed by atoms with Crippen molar-refractivity contribution in [1.29, 1.82) is 0 Å². The van der Waals surface area contributed by atoms with E-state index >= 15 is 0 Å². The normalized spacial score (nSPS) is 13.6. The molecule has 1 heteroatoms. The summed E-state index contributed by atoms with van der Waals surface area (Å²) in [7, 11) is 0. The van der Waals surface area contributed by atoms with Gasteiger partial charge in [0.15, 0.2) is 0 Å². The standard InChI is InChI=1S/C16H35N/c1-6-7-8-9-10-11-16(15(4)5)13-17-12-14(2)3/h14-17H,6-13H2,1-5H3. The van der Waals surface area contributed by atoms with Crippen LogP contribution in [0.15, 0.2) is 0 Å². The highest BCUT2D eigenvalue weighted by atomic mass is 14.9. The summed E-state index contributed by atoms with van der Waals surface area (Å²) in [5.41, 5.74) is 0. The van der Waals surface area contributed by atoms with Crippen molar-refractivity contribution in [3.63, 3.8) is 0 Å². The van der Waals surface area contributed by atoms with Crippen LogP contribution >= 0.6 is 0 Å². The lowest BCUT2D eigenvalue weighted by Gasteiger charge is -2.22. The molecule has 1 nitrogen and oxygen atoms in total. The molecule has 0 aliphatic carbocycles. The summed E-state index contributed by atoms with van der Waals surface area (Å²) in [5.74, 6) is 2.46. The first-order chi connectivity index (χ1) is 8.07. The van der Waals surface area contributed by atoms with Crippen LogP contribution in [-0.4, -0.2) is 13.1 Å². The predicted molar refractivity (Wildman–Crippen MR) is 79.4 cm³/mol. The van der Waals surface area contributed by atoms with Crippen LogP contribution in [0.1, 0.15) is 73.1 Å². The Morgan fingerprint density at radius 1 is 0.824 bits per heavy atom. The van der Waals surface area contributed by atoms with Crippen LogP contribution in [0.4, 0.5) is 0 Å². The lowest BCUT2D eigenvalue weighted by molar-refractivity contribution is 0.323. The monoisotopic (exact) mass is 241 g/mol. The van der Waals surface area contributed by atoms with Crippen molar-refractivity contribution < 1.29 is 0 Å². The van der Waals surface area contributed by atoms with E-state index in [0.717, 1.165) is 17.8 Å². The lowest BCUT2D eigenvalue weighted by Crippen LogP contribution is -2.29. The molecule has 17 heavy (non-hydrogen) atoms. The Balaban J connectivity index is 3.60. The van der Waals surface area contributed by atoms with Crippen LogP contribution in [0.25, 0.3) is 0 Å². The molecule has 1 N–H and O–H groups in total. The van der Waals surface area contributed by atoms with Crippen molar-refractivity contribution in [2.75, 3.05) is 13.1 Å². The van der Waals surface area contributed by atoms with E-state index in [2.05, 4.69) is 39.9 Å². The van der Waals surface area contributed by atoms with E-state index in [1.165, 1.54) is 51.6 Å². The van der Waals surface area contributed by atoms with Gasteiger partial charge in [0.2, 0.25) is 0 Å². The molecule has 0 aromatic carbocycles. The number of unbranched alkanes of at least 4 members (excludes halogenated alkanes) is 4. The number of hydrogen-bond donors (Lipinski definition) is 1. The Labute approximate surface area is 110 Å². The maximum atomic E-state index is 3.62. The van der Waals surface area contributed by atoms with Crippen LogP contribution in [0.2, 0.25) is 0 Å². The Bertz CT molecular complexity index is 152. The molecule has 0 heterocycles. The van der Waals surface area contributed by atoms with Gasteiger partial charge in [-0.1, -0.05) is 66.7 Å². The van der Waals surface area contributed by atoms with Gasteiger partial charge in [-0.25, -0.2) is 0 Å². The predicted octanol–water partition coefficient (Wildman–Crippen LogP) is 4.86. The van der Waals surface area contributed by atoms with Crippen molar-refractivity contribution in [2.24, 2.45) is 17.8 Å². The molecule has 0 aliphatic heterocycles. The maximum Gasteiger partial charge on any atom is -0.00180 e. The summed E-state index contributed by atoms with van der Waals surface area (Å²) >= 11 is 0. The first-order valence-electron chi connectivity index (χ1n) is 7.78. The summed E-state index contributed by atoms with van der Waals surface area (Å²) in [6.45, 7) is 14.0. The lowest BCUT2D eigenvalue weighted by atomic mass is 9.90. The fraction of sp³-hybridized carbons (Fsp3) is 1.00. The molecule has 0 bridgehead atoms. The third-order valence-corrected chi connectivity index (χ3v) is 3.58. The van der Waals surface area contributed by atoms with Crippen molar-refractivity contribution in [2.45, 2.75) is 73.1 Å². The Morgan fingerprint density at radius 3 is 2.00 bits per heavy atom. The second-order valence-electron chi connectivity index (χ2n) is 6.26. The molecule has 0 saturated heterocycles. The van der Waals surface area contributed by atoms with E-state index in [1.54, 1.807) is 0 Å². The number of nitrogens with one attached hydrogen (secondary N) is 1. The van der Waals surface area contributed by atoms with E-state index in [9.17, 15) is 0 Å². The third-order valence-electron chi connectivity index (χ3n) is 3.58. The zero-order valence-corrected chi connectivity index (χ0v) is 12.9. The molecule has 104 valence electrons. The van der Waals surface area contributed by atoms with Crippen LogP contribution in [0.3, 0.4) is 0 Å². The van der Waals surface area contributed by atoms with Gasteiger partial charge in [0, 0.05) is 0 Å². The van der Waals surface area contributed by atoms with Gasteiger partial charge in [0.1, 0.15) is 0 Å². The highest BCUT2D eigenvalue weighted by molar-refractivity contribution is 4.67. The minimum absolute atomic E-state index is 0.771. The molecule has 1 unspecified atom stereocenters. The average molecular weight is 241 g/mol. The van der Waals surface area contributed by atoms with E-state index in [-0.39, 0.29) is 0 Å². The zero-order valence-electron chi connectivity index (χ0n) is 12.9. The minimum Gasteiger partial charge on any atom is -0.316 e. The van der Waals surface area contributed by atoms with Gasteiger partial charge < -0.3 is 5.32 Å². The van der Waals surface area contributed by atoms with E-state index in [0.29, 0.717) is 0 Å². The van der Waals surface area contributed by atoms with Gasteiger partial charge in [-0.05, 0) is 37.3 Å². The zero-order chi connectivity index (χ0) is 13.1. The molecule has 0 amide bonds. The molecule has 0 aromatic heterocycles. The largest absolute Gasteiger partial charge is 0.316 e. The van der Waals surface area contributed by atoms with Crippen LogP contribution < -0.4 is 5.32 Å². The number of hydrogen-bond acceptors (Lipinski definition) is 1. The van der Waals surface area contributed by atoms with Gasteiger partial charge in [0.25, 0.3) is 0 Å². The topological polar surface area (TPSA) is 12.0 Å². The van der Waals surface area contributed by atoms with Crippen LogP contribution in [0, 0.1) is 17.8 Å².